The number of carbonyl (C=O) groups excluding carboxylic acids is 1. The molecular weight excluding hydrogens is 360 g/mol. The lowest BCUT2D eigenvalue weighted by molar-refractivity contribution is -0.255. The number of aliphatic hydroxyl groups is 4. The maximum Gasteiger partial charge on any atom is 0.326 e. The minimum absolute atomic E-state index is 0.291. The minimum atomic E-state index is -1.57. The Hall–Kier alpha value is -1.30. The van der Waals surface area contributed by atoms with Gasteiger partial charge < -0.3 is 35.6 Å². The van der Waals surface area contributed by atoms with Crippen molar-refractivity contribution >= 4 is 11.9 Å². The number of carbonyl (C=O) groups is 2. The third-order valence-corrected chi connectivity index (χ3v) is 5.00. The average Bonchev–Trinajstić information content (AvgIpc) is 2.61. The molecule has 1 aliphatic heterocycles. The first-order valence-corrected chi connectivity index (χ1v) is 9.14. The van der Waals surface area contributed by atoms with Gasteiger partial charge in [-0.15, -0.1) is 0 Å². The fraction of sp³-hybridized carbons (Fsp3) is 0.882. The molecule has 0 aliphatic carbocycles. The van der Waals surface area contributed by atoms with Gasteiger partial charge in [0.25, 0.3) is 0 Å². The summed E-state index contributed by atoms with van der Waals surface area (Å²) in [6.45, 7) is 6.36. The quantitative estimate of drug-likeness (QED) is 0.235. The molecule has 7 N–H and O–H groups in total. The maximum atomic E-state index is 12.7. The Morgan fingerprint density at radius 1 is 1.07 bits per heavy atom. The summed E-state index contributed by atoms with van der Waals surface area (Å²) >= 11 is 0. The standard InChI is InChI=1S/C17H32N2O8/c1-5-8(4)11(16(24)25)19-15(23)10(7(2)3)18-12-14(22)13(21)9(6-20)27-17(12)26/h7-14,17-18,20-22,26H,5-6H2,1-4H3,(H,19,23)(H,24,25). The van der Waals surface area contributed by atoms with Gasteiger partial charge in [0.2, 0.25) is 5.91 Å². The molecule has 1 fully saturated rings. The number of hydrogen-bond acceptors (Lipinski definition) is 8. The Kier molecular flexibility index (Phi) is 9.06. The van der Waals surface area contributed by atoms with Gasteiger partial charge in [-0.25, -0.2) is 4.79 Å². The van der Waals surface area contributed by atoms with Crippen LogP contribution >= 0.6 is 0 Å². The molecule has 0 saturated carbocycles. The summed E-state index contributed by atoms with van der Waals surface area (Å²) in [5.41, 5.74) is 0. The molecule has 10 heteroatoms. The molecule has 0 radical (unpaired) electrons. The van der Waals surface area contributed by atoms with E-state index in [9.17, 15) is 30.0 Å². The Morgan fingerprint density at radius 3 is 2.11 bits per heavy atom. The molecule has 0 aromatic heterocycles. The van der Waals surface area contributed by atoms with Crippen LogP contribution in [0.5, 0.6) is 0 Å². The van der Waals surface area contributed by atoms with Crippen molar-refractivity contribution in [2.24, 2.45) is 11.8 Å². The van der Waals surface area contributed by atoms with Crippen LogP contribution in [0.2, 0.25) is 0 Å². The first-order valence-electron chi connectivity index (χ1n) is 9.14. The van der Waals surface area contributed by atoms with Crippen molar-refractivity contribution in [1.29, 1.82) is 0 Å². The van der Waals surface area contributed by atoms with E-state index in [0.717, 1.165) is 0 Å². The third-order valence-electron chi connectivity index (χ3n) is 5.00. The maximum absolute atomic E-state index is 12.7. The summed E-state index contributed by atoms with van der Waals surface area (Å²) in [5, 5.41) is 54.0. The molecule has 1 saturated heterocycles. The number of carboxylic acids is 1. The summed E-state index contributed by atoms with van der Waals surface area (Å²) in [4.78, 5) is 24.1. The monoisotopic (exact) mass is 392 g/mol. The number of amides is 1. The first-order chi connectivity index (χ1) is 12.5. The zero-order chi connectivity index (χ0) is 20.9. The van der Waals surface area contributed by atoms with Gasteiger partial charge >= 0.3 is 5.97 Å². The Bertz CT molecular complexity index is 503. The van der Waals surface area contributed by atoms with E-state index in [0.29, 0.717) is 6.42 Å². The number of hydrogen-bond donors (Lipinski definition) is 7. The van der Waals surface area contributed by atoms with Crippen molar-refractivity contribution in [3.63, 3.8) is 0 Å². The lowest BCUT2D eigenvalue weighted by Crippen LogP contribution is -2.67. The molecule has 8 atom stereocenters. The van der Waals surface area contributed by atoms with Gasteiger partial charge in [-0.2, -0.15) is 0 Å². The van der Waals surface area contributed by atoms with Gasteiger partial charge in [0, 0.05) is 0 Å². The molecule has 27 heavy (non-hydrogen) atoms. The van der Waals surface area contributed by atoms with Gasteiger partial charge in [-0.1, -0.05) is 34.1 Å². The molecule has 1 amide bonds. The number of aliphatic hydroxyl groups excluding tert-OH is 4. The summed E-state index contributed by atoms with van der Waals surface area (Å²) in [6, 6.07) is -3.23. The van der Waals surface area contributed by atoms with Gasteiger partial charge in [0.05, 0.1) is 18.7 Å². The van der Waals surface area contributed by atoms with Crippen molar-refractivity contribution in [1.82, 2.24) is 10.6 Å². The van der Waals surface area contributed by atoms with E-state index >= 15 is 0 Å². The number of nitrogens with one attached hydrogen (secondary N) is 2. The van der Waals surface area contributed by atoms with E-state index in [4.69, 9.17) is 9.84 Å². The molecule has 8 unspecified atom stereocenters. The Morgan fingerprint density at radius 2 is 1.67 bits per heavy atom. The molecule has 1 heterocycles. The third kappa shape index (κ3) is 5.84. The molecule has 10 nitrogen and oxygen atoms in total. The molecule has 0 aromatic rings. The zero-order valence-electron chi connectivity index (χ0n) is 16.1. The fourth-order valence-corrected chi connectivity index (χ4v) is 2.98. The van der Waals surface area contributed by atoms with Crippen molar-refractivity contribution in [2.75, 3.05) is 6.61 Å². The smallest absolute Gasteiger partial charge is 0.326 e. The van der Waals surface area contributed by atoms with Crippen molar-refractivity contribution in [3.05, 3.63) is 0 Å². The van der Waals surface area contributed by atoms with E-state index in [1.807, 2.05) is 6.92 Å². The number of aliphatic carboxylic acids is 1. The number of carboxylic acid groups (broad SMARTS) is 1. The first kappa shape index (κ1) is 23.7. The summed E-state index contributed by atoms with van der Waals surface area (Å²) in [5.74, 6) is -2.36. The van der Waals surface area contributed by atoms with Gasteiger partial charge in [0.1, 0.15) is 24.4 Å². The van der Waals surface area contributed by atoms with E-state index in [1.54, 1.807) is 20.8 Å². The molecule has 158 valence electrons. The van der Waals surface area contributed by atoms with Gasteiger partial charge in [0.15, 0.2) is 6.29 Å². The highest BCUT2D eigenvalue weighted by atomic mass is 16.6. The fourth-order valence-electron chi connectivity index (χ4n) is 2.98. The summed E-state index contributed by atoms with van der Waals surface area (Å²) in [6.07, 6.45) is -5.12. The molecular formula is C17H32N2O8. The molecule has 0 bridgehead atoms. The van der Waals surface area contributed by atoms with Crippen molar-refractivity contribution in [2.45, 2.75) is 76.8 Å². The second-order valence-electron chi connectivity index (χ2n) is 7.35. The molecule has 1 rings (SSSR count). The summed E-state index contributed by atoms with van der Waals surface area (Å²) in [7, 11) is 0. The van der Waals surface area contributed by atoms with E-state index in [1.165, 1.54) is 0 Å². The van der Waals surface area contributed by atoms with Crippen LogP contribution in [0.4, 0.5) is 0 Å². The minimum Gasteiger partial charge on any atom is -0.480 e. The second kappa shape index (κ2) is 10.3. The largest absolute Gasteiger partial charge is 0.480 e. The number of ether oxygens (including phenoxy) is 1. The highest BCUT2D eigenvalue weighted by Crippen LogP contribution is 2.21. The number of rotatable bonds is 9. The van der Waals surface area contributed by atoms with Gasteiger partial charge in [-0.3, -0.25) is 10.1 Å². The second-order valence-corrected chi connectivity index (χ2v) is 7.35. The molecule has 1 aliphatic rings. The van der Waals surface area contributed by atoms with Crippen LogP contribution in [0, 0.1) is 11.8 Å². The SMILES string of the molecule is CCC(C)C(NC(=O)C(NC1C(O)OC(CO)C(O)C1O)C(C)C)C(=O)O. The highest BCUT2D eigenvalue weighted by Gasteiger charge is 2.45. The average molecular weight is 392 g/mol. The van der Waals surface area contributed by atoms with Crippen LogP contribution in [-0.2, 0) is 14.3 Å². The van der Waals surface area contributed by atoms with Crippen LogP contribution in [-0.4, -0.2) is 86.7 Å². The van der Waals surface area contributed by atoms with Crippen LogP contribution < -0.4 is 10.6 Å². The van der Waals surface area contributed by atoms with E-state index in [-0.39, 0.29) is 11.8 Å². The van der Waals surface area contributed by atoms with Gasteiger partial charge in [-0.05, 0) is 11.8 Å². The predicted molar refractivity (Wildman–Crippen MR) is 94.6 cm³/mol. The Labute approximate surface area is 158 Å². The van der Waals surface area contributed by atoms with E-state index < -0.39 is 61.2 Å². The van der Waals surface area contributed by atoms with Crippen molar-refractivity contribution in [3.8, 4) is 0 Å². The van der Waals surface area contributed by atoms with Crippen molar-refractivity contribution < 1.29 is 39.9 Å². The lowest BCUT2D eigenvalue weighted by atomic mass is 9.93. The van der Waals surface area contributed by atoms with Crippen LogP contribution in [0.25, 0.3) is 0 Å². The van der Waals surface area contributed by atoms with Crippen LogP contribution in [0.15, 0.2) is 0 Å². The normalized spacial score (nSPS) is 32.0. The zero-order valence-corrected chi connectivity index (χ0v) is 16.1. The molecule has 0 aromatic carbocycles. The summed E-state index contributed by atoms with van der Waals surface area (Å²) < 4.78 is 5.07. The topological polar surface area (TPSA) is 169 Å². The predicted octanol–water partition coefficient (Wildman–Crippen LogP) is -1.98. The lowest BCUT2D eigenvalue weighted by Gasteiger charge is -2.42. The van der Waals surface area contributed by atoms with Crippen LogP contribution in [0.3, 0.4) is 0 Å². The highest BCUT2D eigenvalue weighted by molar-refractivity contribution is 5.87. The molecule has 0 spiro atoms. The van der Waals surface area contributed by atoms with E-state index in [2.05, 4.69) is 10.6 Å². The Balaban J connectivity index is 2.92. The van der Waals surface area contributed by atoms with Crippen LogP contribution in [0.1, 0.15) is 34.1 Å².